The van der Waals surface area contributed by atoms with Crippen molar-refractivity contribution in [3.8, 4) is 44.5 Å². The lowest BCUT2D eigenvalue weighted by Crippen LogP contribution is -1.73. The summed E-state index contributed by atoms with van der Waals surface area (Å²) in [6, 6.07) is 83.1. The van der Waals surface area contributed by atoms with Crippen LogP contribution in [0, 0.1) is 0 Å². The molecule has 0 unspecified atom stereocenters. The predicted molar refractivity (Wildman–Crippen MR) is 222 cm³/mol. The number of rotatable bonds is 4. The molecule has 0 saturated carbocycles. The van der Waals surface area contributed by atoms with Gasteiger partial charge in [-0.25, -0.2) is 0 Å². The summed E-state index contributed by atoms with van der Waals surface area (Å²) >= 11 is 0. The molecule has 52 heavy (non-hydrogen) atoms. The van der Waals surface area contributed by atoms with Crippen LogP contribution in [0.2, 0.25) is 0 Å². The zero-order valence-electron chi connectivity index (χ0n) is 29.2. The van der Waals surface area contributed by atoms with Gasteiger partial charge in [0.15, 0.2) is 0 Å². The van der Waals surface area contributed by atoms with E-state index in [1.165, 1.54) is 44.5 Å². The average molecular weight is 683 g/mol. The Morgan fingerprint density at radius 2 is 0.250 bits per heavy atom. The monoisotopic (exact) mass is 682 g/mol. The van der Waals surface area contributed by atoms with Crippen molar-refractivity contribution in [2.45, 2.75) is 0 Å². The highest BCUT2D eigenvalue weighted by Crippen LogP contribution is 2.20. The minimum Gasteiger partial charge on any atom is -0.412 e. The van der Waals surface area contributed by atoms with Gasteiger partial charge < -0.3 is 15.7 Å². The Morgan fingerprint density at radius 3 is 0.327 bits per heavy atom. The fourth-order valence-corrected chi connectivity index (χ4v) is 5.04. The second kappa shape index (κ2) is 25.3. The average Bonchev–Trinajstić information content (AvgIpc) is 3.25. The Morgan fingerprint density at radius 1 is 0.173 bits per heavy atom. The first-order valence-corrected chi connectivity index (χ1v) is 16.6. The van der Waals surface area contributed by atoms with Gasteiger partial charge in [-0.05, 0) is 44.5 Å². The van der Waals surface area contributed by atoms with Crippen LogP contribution in [0.5, 0.6) is 0 Å². The Hall–Kier alpha value is -6.65. The van der Waals surface area contributed by atoms with Gasteiger partial charge in [-0.2, -0.15) is 0 Å². The van der Waals surface area contributed by atoms with Gasteiger partial charge in [-0.15, -0.1) is 0 Å². The van der Waals surface area contributed by atoms with Crippen molar-refractivity contribution in [1.29, 1.82) is 0 Å². The molecule has 0 heterocycles. The third kappa shape index (κ3) is 14.5. The van der Waals surface area contributed by atoms with Crippen LogP contribution in [0.15, 0.2) is 243 Å². The van der Waals surface area contributed by atoms with E-state index in [-0.39, 0.29) is 11.0 Å². The lowest BCUT2D eigenvalue weighted by atomic mass is 10.1. The van der Waals surface area contributed by atoms with Crippen molar-refractivity contribution in [2.75, 3.05) is 0 Å². The van der Waals surface area contributed by atoms with Crippen molar-refractivity contribution in [1.82, 2.24) is 0 Å². The highest BCUT2D eigenvalue weighted by molar-refractivity contribution is 5.65. The maximum absolute atomic E-state index is 8.00. The molecule has 0 atom stereocenters. The minimum absolute atomic E-state index is 0. The summed E-state index contributed by atoms with van der Waals surface area (Å²) < 4.78 is 0. The van der Waals surface area contributed by atoms with Gasteiger partial charge in [-0.3, -0.25) is 0 Å². The number of hydrogen-bond acceptors (Lipinski definition) is 1. The van der Waals surface area contributed by atoms with Gasteiger partial charge in [0.1, 0.15) is 6.79 Å². The second-order valence-corrected chi connectivity index (χ2v) is 10.9. The van der Waals surface area contributed by atoms with Crippen LogP contribution in [0.4, 0.5) is 0 Å². The molecule has 0 amide bonds. The second-order valence-electron chi connectivity index (χ2n) is 10.9. The summed E-state index contributed by atoms with van der Waals surface area (Å²) in [5.41, 5.74) is 10.2. The van der Waals surface area contributed by atoms with E-state index in [0.29, 0.717) is 0 Å². The number of carbonyl (C=O) groups is 1. The summed E-state index contributed by atoms with van der Waals surface area (Å²) in [7, 11) is 0. The van der Waals surface area contributed by atoms with E-state index in [0.717, 1.165) is 0 Å². The van der Waals surface area contributed by atoms with Crippen molar-refractivity contribution < 1.29 is 15.7 Å². The van der Waals surface area contributed by atoms with E-state index < -0.39 is 0 Å². The van der Waals surface area contributed by atoms with Crippen molar-refractivity contribution in [3.05, 3.63) is 243 Å². The van der Waals surface area contributed by atoms with Crippen LogP contribution in [-0.4, -0.2) is 17.7 Å². The minimum atomic E-state index is 0. The molecule has 8 aromatic rings. The van der Waals surface area contributed by atoms with E-state index in [1.54, 1.807) is 0 Å². The van der Waals surface area contributed by atoms with Gasteiger partial charge in [0, 0.05) is 0 Å². The van der Waals surface area contributed by atoms with Gasteiger partial charge in [-0.1, -0.05) is 243 Å². The summed E-state index contributed by atoms with van der Waals surface area (Å²) in [4.78, 5) is 8.00. The highest BCUT2D eigenvalue weighted by Gasteiger charge is 1.94. The molecule has 0 aromatic heterocycles. The van der Waals surface area contributed by atoms with Gasteiger partial charge in [0.25, 0.3) is 0 Å². The summed E-state index contributed by atoms with van der Waals surface area (Å²) in [5.74, 6) is 0. The molecule has 0 saturated heterocycles. The molecule has 0 bridgehead atoms. The molecule has 8 aromatic carbocycles. The van der Waals surface area contributed by atoms with Crippen molar-refractivity contribution in [2.24, 2.45) is 0 Å². The van der Waals surface area contributed by atoms with E-state index in [1.807, 2.05) is 55.3 Å². The molecule has 8 rings (SSSR count). The number of carbonyl (C=O) groups excluding carboxylic acids is 1. The van der Waals surface area contributed by atoms with Crippen LogP contribution in [0.1, 0.15) is 0 Å². The molecule has 0 radical (unpaired) electrons. The van der Waals surface area contributed by atoms with Gasteiger partial charge in [0.05, 0.1) is 0 Å². The molecule has 3 nitrogen and oxygen atoms in total. The van der Waals surface area contributed by atoms with Crippen LogP contribution < -0.4 is 0 Å². The lowest BCUT2D eigenvalue weighted by Gasteiger charge is -1.98. The van der Waals surface area contributed by atoms with Crippen molar-refractivity contribution in [3.63, 3.8) is 0 Å². The molecule has 0 aliphatic rings. The van der Waals surface area contributed by atoms with E-state index >= 15 is 0 Å². The Kier molecular flexibility index (Phi) is 20.2. The Labute approximate surface area is 308 Å². The van der Waals surface area contributed by atoms with Crippen LogP contribution in [-0.2, 0) is 4.79 Å². The first-order valence-electron chi connectivity index (χ1n) is 16.6. The Bertz CT molecular complexity index is 1520. The topological polar surface area (TPSA) is 80.1 Å². The zero-order chi connectivity index (χ0) is 34.9. The highest BCUT2D eigenvalue weighted by atomic mass is 16.1. The van der Waals surface area contributed by atoms with Crippen LogP contribution in [0.25, 0.3) is 44.5 Å². The molecule has 260 valence electrons. The first kappa shape index (κ1) is 41.5. The molecule has 0 fully saturated rings. The smallest absolute Gasteiger partial charge is 0.106 e. The number of hydrogen-bond donors (Lipinski definition) is 0. The fourth-order valence-electron chi connectivity index (χ4n) is 5.04. The van der Waals surface area contributed by atoms with E-state index in [9.17, 15) is 0 Å². The molecule has 3 heteroatoms. The van der Waals surface area contributed by atoms with Crippen molar-refractivity contribution >= 4 is 6.79 Å². The third-order valence-electron chi connectivity index (χ3n) is 7.52. The predicted octanol–water partition coefficient (Wildman–Crippen LogP) is 11.6. The Balaban J connectivity index is 0.000000233. The summed E-state index contributed by atoms with van der Waals surface area (Å²) in [6.45, 7) is 2.00. The van der Waals surface area contributed by atoms with Gasteiger partial charge in [0.2, 0.25) is 0 Å². The maximum Gasteiger partial charge on any atom is 0.106 e. The SMILES string of the molecule is C=O.O.O.c1ccc(-c2ccccc2)cc1.c1ccc(-c2ccccc2)cc1.c1ccc(-c2ccccc2)cc1.c1ccc(-c2ccccc2)cc1. The zero-order valence-corrected chi connectivity index (χ0v) is 29.2. The molecular formula is C49H46O3. The summed E-state index contributed by atoms with van der Waals surface area (Å²) in [5, 5.41) is 0. The van der Waals surface area contributed by atoms with Crippen LogP contribution in [0.3, 0.4) is 0 Å². The fraction of sp³-hybridized carbons (Fsp3) is 0. The number of benzene rings is 8. The molecule has 4 N–H and O–H groups in total. The molecule has 0 aliphatic heterocycles. The maximum atomic E-state index is 8.00. The standard InChI is InChI=1S/4C12H10.CH2O.2H2O/c4*1-3-7-11(8-4-1)12-9-5-2-6-10-12;1-2;;/h4*1-10H;1H2;2*1H2. The largest absolute Gasteiger partial charge is 0.412 e. The lowest BCUT2D eigenvalue weighted by molar-refractivity contribution is -0.0980. The molecule has 0 spiro atoms. The first-order chi connectivity index (χ1) is 24.9. The summed E-state index contributed by atoms with van der Waals surface area (Å²) in [6.07, 6.45) is 0. The third-order valence-corrected chi connectivity index (χ3v) is 7.52. The van der Waals surface area contributed by atoms with Crippen LogP contribution >= 0.6 is 0 Å². The molecular weight excluding hydrogens is 637 g/mol. The van der Waals surface area contributed by atoms with E-state index in [2.05, 4.69) is 194 Å². The van der Waals surface area contributed by atoms with E-state index in [4.69, 9.17) is 4.79 Å². The normalized spacial score (nSPS) is 9.00. The quantitative estimate of drug-likeness (QED) is 0.182. The van der Waals surface area contributed by atoms with Gasteiger partial charge >= 0.3 is 0 Å². The molecule has 0 aliphatic carbocycles.